The largest absolute Gasteiger partial charge is 0.493 e. The molecular formula is C13H16ClN3O. The molecule has 2 rings (SSSR count). The van der Waals surface area contributed by atoms with Gasteiger partial charge < -0.3 is 10.5 Å². The summed E-state index contributed by atoms with van der Waals surface area (Å²) in [5.74, 6) is 0.757. The molecule has 0 aliphatic heterocycles. The van der Waals surface area contributed by atoms with Gasteiger partial charge in [-0.25, -0.2) is 0 Å². The van der Waals surface area contributed by atoms with Crippen LogP contribution in [0.5, 0.6) is 5.75 Å². The Kier molecular flexibility index (Phi) is 4.23. The van der Waals surface area contributed by atoms with E-state index in [1.54, 1.807) is 6.20 Å². The van der Waals surface area contributed by atoms with E-state index in [1.165, 1.54) is 0 Å². The number of nitrogens with two attached hydrogens (primary N) is 1. The molecule has 2 aromatic rings. The van der Waals surface area contributed by atoms with E-state index in [0.717, 1.165) is 23.4 Å². The van der Waals surface area contributed by atoms with E-state index in [-0.39, 0.29) is 0 Å². The Morgan fingerprint density at radius 1 is 1.39 bits per heavy atom. The highest BCUT2D eigenvalue weighted by atomic mass is 35.5. The number of aryl methyl sites for hydroxylation is 1. The van der Waals surface area contributed by atoms with Crippen LogP contribution in [-0.4, -0.2) is 16.4 Å². The van der Waals surface area contributed by atoms with E-state index in [0.29, 0.717) is 18.2 Å². The van der Waals surface area contributed by atoms with E-state index in [2.05, 4.69) is 5.10 Å². The summed E-state index contributed by atoms with van der Waals surface area (Å²) in [5, 5.41) is 4.76. The summed E-state index contributed by atoms with van der Waals surface area (Å²) in [4.78, 5) is 0. The first-order valence-corrected chi connectivity index (χ1v) is 6.17. The lowest BCUT2D eigenvalue weighted by Gasteiger charge is -2.11. The predicted molar refractivity (Wildman–Crippen MR) is 71.8 cm³/mol. The minimum absolute atomic E-state index is 0.376. The highest BCUT2D eigenvalue weighted by Gasteiger charge is 2.06. The average Bonchev–Trinajstić information content (AvgIpc) is 2.75. The maximum atomic E-state index is 6.06. The number of nitrogens with zero attached hydrogens (tertiary/aromatic N) is 2. The van der Waals surface area contributed by atoms with Crippen molar-refractivity contribution in [1.29, 1.82) is 0 Å². The van der Waals surface area contributed by atoms with Crippen molar-refractivity contribution in [3.8, 4) is 5.75 Å². The van der Waals surface area contributed by atoms with Gasteiger partial charge in [0.25, 0.3) is 0 Å². The third-order valence-electron chi connectivity index (χ3n) is 2.82. The number of hydrogen-bond donors (Lipinski definition) is 1. The van der Waals surface area contributed by atoms with Crippen molar-refractivity contribution in [3.63, 3.8) is 0 Å². The molecule has 0 spiro atoms. The van der Waals surface area contributed by atoms with E-state index in [1.807, 2.05) is 36.0 Å². The van der Waals surface area contributed by atoms with Gasteiger partial charge in [0.05, 0.1) is 6.61 Å². The van der Waals surface area contributed by atoms with E-state index < -0.39 is 0 Å². The molecule has 1 heterocycles. The molecule has 1 aromatic carbocycles. The van der Waals surface area contributed by atoms with Crippen molar-refractivity contribution in [1.82, 2.24) is 9.78 Å². The van der Waals surface area contributed by atoms with Crippen molar-refractivity contribution in [2.24, 2.45) is 12.8 Å². The molecule has 0 radical (unpaired) electrons. The fourth-order valence-electron chi connectivity index (χ4n) is 1.78. The monoisotopic (exact) mass is 265 g/mol. The van der Waals surface area contributed by atoms with Crippen LogP contribution in [0.4, 0.5) is 0 Å². The van der Waals surface area contributed by atoms with Gasteiger partial charge in [-0.15, -0.1) is 0 Å². The van der Waals surface area contributed by atoms with Gasteiger partial charge in [0, 0.05) is 42.5 Å². The molecule has 0 amide bonds. The summed E-state index contributed by atoms with van der Waals surface area (Å²) in [6.45, 7) is 0.952. The summed E-state index contributed by atoms with van der Waals surface area (Å²) >= 11 is 6.06. The summed E-state index contributed by atoms with van der Waals surface area (Å²) < 4.78 is 7.57. The third-order valence-corrected chi connectivity index (χ3v) is 3.17. The van der Waals surface area contributed by atoms with Crippen LogP contribution in [0.15, 0.2) is 30.5 Å². The van der Waals surface area contributed by atoms with Crippen molar-refractivity contribution in [2.45, 2.75) is 13.0 Å². The number of halogens is 1. The normalized spacial score (nSPS) is 10.6. The molecule has 2 N–H and O–H groups in total. The van der Waals surface area contributed by atoms with Gasteiger partial charge in [-0.05, 0) is 18.2 Å². The Balaban J connectivity index is 1.98. The quantitative estimate of drug-likeness (QED) is 0.901. The number of aromatic nitrogens is 2. The number of hydrogen-bond acceptors (Lipinski definition) is 3. The SMILES string of the molecule is Cn1nccc1CCOc1cccc(Cl)c1CN. The Bertz CT molecular complexity index is 525. The van der Waals surface area contributed by atoms with Crippen LogP contribution in [0.25, 0.3) is 0 Å². The van der Waals surface area contributed by atoms with Gasteiger partial charge in [-0.1, -0.05) is 17.7 Å². The first-order chi connectivity index (χ1) is 8.72. The van der Waals surface area contributed by atoms with Crippen LogP contribution < -0.4 is 10.5 Å². The minimum Gasteiger partial charge on any atom is -0.493 e. The average molecular weight is 266 g/mol. The highest BCUT2D eigenvalue weighted by Crippen LogP contribution is 2.25. The highest BCUT2D eigenvalue weighted by molar-refractivity contribution is 6.31. The zero-order chi connectivity index (χ0) is 13.0. The van der Waals surface area contributed by atoms with Crippen LogP contribution in [0.3, 0.4) is 0 Å². The van der Waals surface area contributed by atoms with Gasteiger partial charge in [-0.2, -0.15) is 5.10 Å². The smallest absolute Gasteiger partial charge is 0.125 e. The van der Waals surface area contributed by atoms with Crippen LogP contribution >= 0.6 is 11.6 Å². The second kappa shape index (κ2) is 5.89. The Morgan fingerprint density at radius 2 is 2.22 bits per heavy atom. The van der Waals surface area contributed by atoms with Crippen LogP contribution in [-0.2, 0) is 20.0 Å². The zero-order valence-electron chi connectivity index (χ0n) is 10.3. The van der Waals surface area contributed by atoms with Gasteiger partial charge >= 0.3 is 0 Å². The lowest BCUT2D eigenvalue weighted by atomic mass is 10.2. The fourth-order valence-corrected chi connectivity index (χ4v) is 2.03. The summed E-state index contributed by atoms with van der Waals surface area (Å²) in [7, 11) is 1.92. The number of benzene rings is 1. The summed E-state index contributed by atoms with van der Waals surface area (Å²) in [6.07, 6.45) is 2.58. The lowest BCUT2D eigenvalue weighted by molar-refractivity contribution is 0.315. The Labute approximate surface area is 111 Å². The Hall–Kier alpha value is -1.52. The number of ether oxygens (including phenoxy) is 1. The molecule has 0 saturated carbocycles. The molecule has 1 aromatic heterocycles. The molecule has 0 fully saturated rings. The van der Waals surface area contributed by atoms with Crippen molar-refractivity contribution in [3.05, 3.63) is 46.7 Å². The molecular weight excluding hydrogens is 250 g/mol. The first kappa shape index (κ1) is 12.9. The van der Waals surface area contributed by atoms with E-state index in [9.17, 15) is 0 Å². The maximum Gasteiger partial charge on any atom is 0.125 e. The Morgan fingerprint density at radius 3 is 2.89 bits per heavy atom. The lowest BCUT2D eigenvalue weighted by Crippen LogP contribution is -2.08. The van der Waals surface area contributed by atoms with Crippen molar-refractivity contribution < 1.29 is 4.74 Å². The second-order valence-corrected chi connectivity index (χ2v) is 4.37. The van der Waals surface area contributed by atoms with Crippen LogP contribution in [0, 0.1) is 0 Å². The second-order valence-electron chi connectivity index (χ2n) is 3.97. The summed E-state index contributed by atoms with van der Waals surface area (Å²) in [6, 6.07) is 7.54. The van der Waals surface area contributed by atoms with Crippen LogP contribution in [0.1, 0.15) is 11.3 Å². The van der Waals surface area contributed by atoms with E-state index in [4.69, 9.17) is 22.1 Å². The molecule has 96 valence electrons. The topological polar surface area (TPSA) is 53.1 Å². The van der Waals surface area contributed by atoms with Crippen LogP contribution in [0.2, 0.25) is 5.02 Å². The molecule has 0 saturated heterocycles. The molecule has 18 heavy (non-hydrogen) atoms. The molecule has 5 heteroatoms. The number of rotatable bonds is 5. The third kappa shape index (κ3) is 2.83. The fraction of sp³-hybridized carbons (Fsp3) is 0.308. The van der Waals surface area contributed by atoms with E-state index >= 15 is 0 Å². The predicted octanol–water partition coefficient (Wildman–Crippen LogP) is 2.15. The molecule has 0 bridgehead atoms. The van der Waals surface area contributed by atoms with Crippen molar-refractivity contribution >= 4 is 11.6 Å². The molecule has 0 unspecified atom stereocenters. The zero-order valence-corrected chi connectivity index (χ0v) is 11.0. The molecule has 4 nitrogen and oxygen atoms in total. The van der Waals surface area contributed by atoms with Gasteiger partial charge in [0.1, 0.15) is 5.75 Å². The maximum absolute atomic E-state index is 6.06. The molecule has 0 aliphatic carbocycles. The first-order valence-electron chi connectivity index (χ1n) is 5.79. The van der Waals surface area contributed by atoms with Gasteiger partial charge in [-0.3, -0.25) is 4.68 Å². The molecule has 0 atom stereocenters. The minimum atomic E-state index is 0.376. The van der Waals surface area contributed by atoms with Gasteiger partial charge in [0.2, 0.25) is 0 Å². The van der Waals surface area contributed by atoms with Crippen molar-refractivity contribution in [2.75, 3.05) is 6.61 Å². The standard InChI is InChI=1S/C13H16ClN3O/c1-17-10(5-7-16-17)6-8-18-13-4-2-3-12(14)11(13)9-15/h2-5,7H,6,8-9,15H2,1H3. The summed E-state index contributed by atoms with van der Waals surface area (Å²) in [5.41, 5.74) is 7.65. The van der Waals surface area contributed by atoms with Gasteiger partial charge in [0.15, 0.2) is 0 Å². The molecule has 0 aliphatic rings.